The lowest BCUT2D eigenvalue weighted by atomic mass is 10.2. The molecule has 0 aliphatic carbocycles. The lowest BCUT2D eigenvalue weighted by molar-refractivity contribution is 0.595. The average Bonchev–Trinajstić information content (AvgIpc) is 2.51. The molecule has 1 aromatic carbocycles. The summed E-state index contributed by atoms with van der Waals surface area (Å²) in [6.07, 6.45) is 0. The zero-order valence-corrected chi connectivity index (χ0v) is 9.66. The molecule has 1 unspecified atom stereocenters. The van der Waals surface area contributed by atoms with Crippen molar-refractivity contribution in [3.8, 4) is 0 Å². The maximum absolute atomic E-state index is 11.7. The number of rotatable bonds is 2. The third-order valence-electron chi connectivity index (χ3n) is 2.35. The topological polar surface area (TPSA) is 84.5 Å². The molecule has 0 saturated heterocycles. The Bertz CT molecular complexity index is 537. The predicted octanol–water partition coefficient (Wildman–Crippen LogP) is 0.0723. The normalized spacial score (nSPS) is 21.5. The van der Waals surface area contributed by atoms with Gasteiger partial charge in [-0.1, -0.05) is 12.1 Å². The van der Waals surface area contributed by atoms with E-state index in [2.05, 4.69) is 9.71 Å². The van der Waals surface area contributed by atoms with Gasteiger partial charge in [0.1, 0.15) is 5.84 Å². The van der Waals surface area contributed by atoms with Crippen molar-refractivity contribution in [3.63, 3.8) is 0 Å². The van der Waals surface area contributed by atoms with Gasteiger partial charge in [0, 0.05) is 12.1 Å². The van der Waals surface area contributed by atoms with Crippen molar-refractivity contribution in [1.29, 1.82) is 0 Å². The summed E-state index contributed by atoms with van der Waals surface area (Å²) in [5.74, 6) is 0.383. The van der Waals surface area contributed by atoms with E-state index in [1.165, 1.54) is 0 Å². The number of nitrogens with zero attached hydrogens (tertiary/aromatic N) is 1. The van der Waals surface area contributed by atoms with Gasteiger partial charge in [-0.15, -0.1) is 0 Å². The lowest BCUT2D eigenvalue weighted by Gasteiger charge is -2.03. The highest BCUT2D eigenvalue weighted by Crippen LogP contribution is 2.22. The Morgan fingerprint density at radius 2 is 2.12 bits per heavy atom. The number of nitrogens with one attached hydrogen (secondary N) is 1. The number of nitrogens with two attached hydrogens (primary N) is 1. The molecular weight excluding hydrogens is 226 g/mol. The maximum atomic E-state index is 11.7. The van der Waals surface area contributed by atoms with Crippen molar-refractivity contribution >= 4 is 15.9 Å². The van der Waals surface area contributed by atoms with Crippen LogP contribution in [0.4, 0.5) is 0 Å². The van der Waals surface area contributed by atoms with E-state index < -0.39 is 10.0 Å². The van der Waals surface area contributed by atoms with Crippen molar-refractivity contribution < 1.29 is 8.42 Å². The zero-order valence-electron chi connectivity index (χ0n) is 8.84. The van der Waals surface area contributed by atoms with E-state index in [1.807, 2.05) is 6.92 Å². The molecule has 1 aliphatic heterocycles. The van der Waals surface area contributed by atoms with Crippen molar-refractivity contribution in [2.75, 3.05) is 6.54 Å². The second-order valence-corrected chi connectivity index (χ2v) is 5.31. The molecule has 0 bridgehead atoms. The standard InChI is InChI=1S/C10H13N3O2S/c1-7(6-11)12-10-8-4-2-3-5-9(8)16(14,15)13-10/h2-5,7H,6,11H2,1H3,(H,12,13). The summed E-state index contributed by atoms with van der Waals surface area (Å²) in [4.78, 5) is 4.51. The first-order valence-electron chi connectivity index (χ1n) is 4.94. The minimum Gasteiger partial charge on any atom is -0.328 e. The fourth-order valence-corrected chi connectivity index (χ4v) is 2.74. The molecule has 0 aromatic heterocycles. The van der Waals surface area contributed by atoms with Gasteiger partial charge in [0.15, 0.2) is 0 Å². The Kier molecular flexibility index (Phi) is 2.69. The van der Waals surface area contributed by atoms with Crippen LogP contribution in [0.5, 0.6) is 0 Å². The van der Waals surface area contributed by atoms with Crippen LogP contribution in [0.2, 0.25) is 0 Å². The third-order valence-corrected chi connectivity index (χ3v) is 3.75. The fourth-order valence-electron chi connectivity index (χ4n) is 1.50. The third kappa shape index (κ3) is 1.81. The number of hydrogen-bond acceptors (Lipinski definition) is 4. The van der Waals surface area contributed by atoms with Crippen LogP contribution in [-0.4, -0.2) is 26.8 Å². The van der Waals surface area contributed by atoms with Crippen LogP contribution >= 0.6 is 0 Å². The molecule has 1 heterocycles. The first-order valence-corrected chi connectivity index (χ1v) is 6.43. The maximum Gasteiger partial charge on any atom is 0.263 e. The van der Waals surface area contributed by atoms with Gasteiger partial charge in [-0.25, -0.2) is 8.42 Å². The van der Waals surface area contributed by atoms with Crippen LogP contribution in [0.15, 0.2) is 34.2 Å². The molecule has 0 amide bonds. The van der Waals surface area contributed by atoms with Crippen LogP contribution in [0.25, 0.3) is 0 Å². The van der Waals surface area contributed by atoms with E-state index in [1.54, 1.807) is 24.3 Å². The number of amidine groups is 1. The van der Waals surface area contributed by atoms with Gasteiger partial charge < -0.3 is 5.73 Å². The summed E-state index contributed by atoms with van der Waals surface area (Å²) < 4.78 is 25.8. The Morgan fingerprint density at radius 1 is 1.44 bits per heavy atom. The van der Waals surface area contributed by atoms with E-state index in [0.717, 1.165) is 0 Å². The van der Waals surface area contributed by atoms with Gasteiger partial charge in [-0.05, 0) is 19.1 Å². The molecule has 6 heteroatoms. The van der Waals surface area contributed by atoms with E-state index in [-0.39, 0.29) is 10.9 Å². The zero-order chi connectivity index (χ0) is 11.8. The van der Waals surface area contributed by atoms with Crippen molar-refractivity contribution in [1.82, 2.24) is 4.72 Å². The summed E-state index contributed by atoms with van der Waals surface area (Å²) in [5.41, 5.74) is 6.07. The predicted molar refractivity (Wildman–Crippen MR) is 61.8 cm³/mol. The summed E-state index contributed by atoms with van der Waals surface area (Å²) in [6, 6.07) is 6.66. The number of sulfonamides is 1. The number of hydrogen-bond donors (Lipinski definition) is 2. The molecule has 0 saturated carbocycles. The second-order valence-electron chi connectivity index (χ2n) is 3.66. The summed E-state index contributed by atoms with van der Waals surface area (Å²) >= 11 is 0. The van der Waals surface area contributed by atoms with Gasteiger partial charge in [-0.3, -0.25) is 9.71 Å². The first-order chi connectivity index (χ1) is 7.54. The SMILES string of the molecule is CC(CN)N=C1NS(=O)(=O)c2ccccc21. The minimum atomic E-state index is -3.43. The monoisotopic (exact) mass is 239 g/mol. The van der Waals surface area contributed by atoms with Crippen LogP contribution in [-0.2, 0) is 10.0 Å². The largest absolute Gasteiger partial charge is 0.328 e. The van der Waals surface area contributed by atoms with Crippen LogP contribution in [0.3, 0.4) is 0 Å². The molecule has 5 nitrogen and oxygen atoms in total. The van der Waals surface area contributed by atoms with Crippen LogP contribution < -0.4 is 10.5 Å². The summed E-state index contributed by atoms with van der Waals surface area (Å²) in [6.45, 7) is 2.22. The van der Waals surface area contributed by atoms with E-state index in [4.69, 9.17) is 5.73 Å². The molecular formula is C10H13N3O2S. The number of benzene rings is 1. The van der Waals surface area contributed by atoms with Gasteiger partial charge in [0.05, 0.1) is 10.9 Å². The second kappa shape index (κ2) is 3.88. The molecule has 1 aromatic rings. The van der Waals surface area contributed by atoms with E-state index in [9.17, 15) is 8.42 Å². The molecule has 1 atom stereocenters. The molecule has 0 radical (unpaired) electrons. The summed E-state index contributed by atoms with van der Waals surface area (Å²) in [5, 5.41) is 0. The minimum absolute atomic E-state index is 0.108. The number of aliphatic imine (C=N–C) groups is 1. The van der Waals surface area contributed by atoms with Gasteiger partial charge in [0.25, 0.3) is 10.0 Å². The molecule has 2 rings (SSSR count). The molecule has 16 heavy (non-hydrogen) atoms. The van der Waals surface area contributed by atoms with Crippen LogP contribution in [0.1, 0.15) is 12.5 Å². The van der Waals surface area contributed by atoms with Gasteiger partial charge in [-0.2, -0.15) is 0 Å². The Balaban J connectivity index is 2.53. The molecule has 0 fully saturated rings. The van der Waals surface area contributed by atoms with Crippen molar-refractivity contribution in [2.24, 2.45) is 10.7 Å². The van der Waals surface area contributed by atoms with E-state index >= 15 is 0 Å². The van der Waals surface area contributed by atoms with Crippen LogP contribution in [0, 0.1) is 0 Å². The smallest absolute Gasteiger partial charge is 0.263 e. The molecule has 1 aliphatic rings. The average molecular weight is 239 g/mol. The highest BCUT2D eigenvalue weighted by atomic mass is 32.2. The molecule has 86 valence electrons. The first kappa shape index (κ1) is 11.1. The van der Waals surface area contributed by atoms with E-state index in [0.29, 0.717) is 17.9 Å². The Labute approximate surface area is 94.4 Å². The molecule has 3 N–H and O–H groups in total. The van der Waals surface area contributed by atoms with Gasteiger partial charge in [0.2, 0.25) is 0 Å². The van der Waals surface area contributed by atoms with Gasteiger partial charge >= 0.3 is 0 Å². The Hall–Kier alpha value is -1.40. The van der Waals surface area contributed by atoms with Crippen molar-refractivity contribution in [3.05, 3.63) is 29.8 Å². The van der Waals surface area contributed by atoms with Crippen molar-refractivity contribution in [2.45, 2.75) is 17.9 Å². The quantitative estimate of drug-likeness (QED) is 0.766. The summed E-state index contributed by atoms with van der Waals surface area (Å²) in [7, 11) is -3.43. The Morgan fingerprint density at radius 3 is 2.81 bits per heavy atom. The highest BCUT2D eigenvalue weighted by Gasteiger charge is 2.30. The highest BCUT2D eigenvalue weighted by molar-refractivity contribution is 7.90. The fraction of sp³-hybridized carbons (Fsp3) is 0.300. The number of fused-ring (bicyclic) bond motifs is 1. The molecule has 0 spiro atoms. The lowest BCUT2D eigenvalue weighted by Crippen LogP contribution is -2.25.